The number of unbranched alkanes of at least 4 members (excludes halogenated alkanes) is 3. The molecule has 0 fully saturated rings. The van der Waals surface area contributed by atoms with Gasteiger partial charge in [0.2, 0.25) is 0 Å². The van der Waals surface area contributed by atoms with Gasteiger partial charge in [-0.15, -0.1) is 10.2 Å². The lowest BCUT2D eigenvalue weighted by Crippen LogP contribution is -2.30. The lowest BCUT2D eigenvalue weighted by atomic mass is 10.0. The zero-order chi connectivity index (χ0) is 24.3. The van der Waals surface area contributed by atoms with Crippen molar-refractivity contribution in [3.63, 3.8) is 0 Å². The topological polar surface area (TPSA) is 69.6 Å². The molecule has 9 heteroatoms. The number of hydrogen-bond acceptors (Lipinski definition) is 3. The molecule has 3 aromatic rings. The zero-order valence-corrected chi connectivity index (χ0v) is 19.6. The summed E-state index contributed by atoms with van der Waals surface area (Å²) >= 11 is 6.19. The zero-order valence-electron chi connectivity index (χ0n) is 18.8. The first-order valence-corrected chi connectivity index (χ1v) is 11.8. The largest absolute Gasteiger partial charge is 0.442 e. The van der Waals surface area contributed by atoms with Crippen LogP contribution < -0.4 is 5.32 Å². The van der Waals surface area contributed by atoms with Gasteiger partial charge in [0.15, 0.2) is 0 Å². The average molecular weight is 491 g/mol. The maximum absolute atomic E-state index is 13.1. The highest BCUT2D eigenvalue weighted by molar-refractivity contribution is 6.31. The number of hydrogen-bond donors (Lipinski definition) is 2. The maximum Gasteiger partial charge on any atom is 0.442 e. The number of H-pyrrole nitrogens is 1. The molecule has 1 aliphatic heterocycles. The average Bonchev–Trinajstić information content (AvgIpc) is 3.55. The molecule has 4 rings (SSSR count). The van der Waals surface area contributed by atoms with E-state index in [0.29, 0.717) is 23.7 Å². The van der Waals surface area contributed by atoms with Gasteiger partial charge in [-0.25, -0.2) is 0 Å². The summed E-state index contributed by atoms with van der Waals surface area (Å²) in [5.41, 5.74) is 0.761. The molecule has 2 heterocycles. The van der Waals surface area contributed by atoms with Crippen LogP contribution in [0.1, 0.15) is 59.8 Å². The summed E-state index contributed by atoms with van der Waals surface area (Å²) < 4.78 is 39.4. The van der Waals surface area contributed by atoms with Gasteiger partial charge in [-0.3, -0.25) is 4.79 Å². The third-order valence-corrected chi connectivity index (χ3v) is 6.36. The van der Waals surface area contributed by atoms with Crippen molar-refractivity contribution >= 4 is 28.4 Å². The molecule has 0 atom stereocenters. The van der Waals surface area contributed by atoms with Crippen molar-refractivity contribution in [2.75, 3.05) is 6.54 Å². The van der Waals surface area contributed by atoms with E-state index in [-0.39, 0.29) is 11.5 Å². The summed E-state index contributed by atoms with van der Waals surface area (Å²) in [5, 5.41) is 10.9. The Kier molecular flexibility index (Phi) is 6.98. The molecule has 0 saturated heterocycles. The lowest BCUT2D eigenvalue weighted by molar-refractivity contribution is -0.166. The van der Waals surface area contributed by atoms with E-state index >= 15 is 0 Å². The molecule has 2 aromatic carbocycles. The lowest BCUT2D eigenvalue weighted by Gasteiger charge is -2.15. The Hall–Kier alpha value is -2.87. The van der Waals surface area contributed by atoms with Gasteiger partial charge in [-0.1, -0.05) is 62.1 Å². The molecule has 34 heavy (non-hydrogen) atoms. The number of nitrogens with one attached hydrogen (secondary N) is 2. The Morgan fingerprint density at radius 3 is 2.44 bits per heavy atom. The number of benzene rings is 2. The van der Waals surface area contributed by atoms with E-state index in [1.807, 2.05) is 12.1 Å². The number of carbonyl (C=O) groups excluding carboxylic acids is 1. The first-order valence-electron chi connectivity index (χ1n) is 11.4. The van der Waals surface area contributed by atoms with Crippen molar-refractivity contribution in [3.8, 4) is 0 Å². The van der Waals surface area contributed by atoms with Gasteiger partial charge in [-0.05, 0) is 48.6 Å². The van der Waals surface area contributed by atoms with Gasteiger partial charge < -0.3 is 10.3 Å². The molecule has 1 amide bonds. The highest BCUT2D eigenvalue weighted by Crippen LogP contribution is 2.52. The van der Waals surface area contributed by atoms with Gasteiger partial charge in [0.25, 0.3) is 5.91 Å². The van der Waals surface area contributed by atoms with Crippen molar-refractivity contribution < 1.29 is 18.0 Å². The number of aromatic nitrogens is 1. The van der Waals surface area contributed by atoms with Crippen LogP contribution in [0, 0.1) is 0 Å². The van der Waals surface area contributed by atoms with E-state index in [4.69, 9.17) is 11.6 Å². The molecule has 1 aliphatic rings. The highest BCUT2D eigenvalue weighted by atomic mass is 35.5. The van der Waals surface area contributed by atoms with Crippen LogP contribution in [0.3, 0.4) is 0 Å². The fourth-order valence-electron chi connectivity index (χ4n) is 4.16. The monoisotopic (exact) mass is 490 g/mol. The normalized spacial score (nSPS) is 14.5. The molecule has 0 aliphatic carbocycles. The predicted octanol–water partition coefficient (Wildman–Crippen LogP) is 7.10. The van der Waals surface area contributed by atoms with Crippen LogP contribution in [0.25, 0.3) is 10.9 Å². The molecule has 0 unspecified atom stereocenters. The van der Waals surface area contributed by atoms with Crippen LogP contribution in [0.2, 0.25) is 5.02 Å². The molecular formula is C25H26ClF3N4O. The number of aryl methyl sites for hydroxylation is 1. The Labute approximate surface area is 200 Å². The van der Waals surface area contributed by atoms with Crippen LogP contribution in [0.4, 0.5) is 13.2 Å². The SMILES string of the molecule is CCCCCCc1c(C(=O)NCCc2ccc(C3(C(F)(F)F)N=N3)cc2)[nH]c2ccc(Cl)cc12. The summed E-state index contributed by atoms with van der Waals surface area (Å²) in [6.45, 7) is 2.51. The number of aromatic amines is 1. The second kappa shape index (κ2) is 9.78. The molecule has 0 radical (unpaired) electrons. The van der Waals surface area contributed by atoms with E-state index in [9.17, 15) is 18.0 Å². The number of halogens is 4. The van der Waals surface area contributed by atoms with Crippen LogP contribution >= 0.6 is 11.6 Å². The van der Waals surface area contributed by atoms with Crippen LogP contribution in [0.5, 0.6) is 0 Å². The predicted molar refractivity (Wildman–Crippen MR) is 126 cm³/mol. The minimum Gasteiger partial charge on any atom is -0.350 e. The molecule has 0 bridgehead atoms. The number of amides is 1. The minimum atomic E-state index is -4.54. The van der Waals surface area contributed by atoms with Gasteiger partial charge in [0.1, 0.15) is 5.69 Å². The Bertz CT molecular complexity index is 1200. The standard InChI is InChI=1S/C25H26ClF3N4O/c1-2-3-4-5-6-19-20-15-18(26)11-12-21(20)31-22(19)23(34)30-14-13-16-7-9-17(10-8-16)24(32-33-24)25(27,28)29/h7-12,15,31H,2-6,13-14H2,1H3,(H,30,34). The van der Waals surface area contributed by atoms with Crippen molar-refractivity contribution in [1.82, 2.24) is 10.3 Å². The first-order chi connectivity index (χ1) is 16.2. The van der Waals surface area contributed by atoms with E-state index < -0.39 is 11.8 Å². The number of fused-ring (bicyclic) bond motifs is 1. The van der Waals surface area contributed by atoms with Crippen LogP contribution in [-0.4, -0.2) is 23.6 Å². The quantitative estimate of drug-likeness (QED) is 0.292. The van der Waals surface area contributed by atoms with Crippen molar-refractivity contribution in [2.24, 2.45) is 10.2 Å². The van der Waals surface area contributed by atoms with E-state index in [1.54, 1.807) is 18.2 Å². The van der Waals surface area contributed by atoms with Gasteiger partial charge in [-0.2, -0.15) is 13.2 Å². The fourth-order valence-corrected chi connectivity index (χ4v) is 4.33. The van der Waals surface area contributed by atoms with Crippen molar-refractivity contribution in [1.29, 1.82) is 0 Å². The minimum absolute atomic E-state index is 0.00256. The summed E-state index contributed by atoms with van der Waals surface area (Å²) in [6, 6.07) is 11.5. The van der Waals surface area contributed by atoms with Gasteiger partial charge >= 0.3 is 11.8 Å². The van der Waals surface area contributed by atoms with E-state index in [2.05, 4.69) is 27.5 Å². The third kappa shape index (κ3) is 4.97. The molecule has 180 valence electrons. The number of nitrogens with zero attached hydrogens (tertiary/aromatic N) is 2. The second-order valence-corrected chi connectivity index (χ2v) is 8.99. The van der Waals surface area contributed by atoms with E-state index in [0.717, 1.165) is 54.1 Å². The number of rotatable bonds is 10. The molecule has 1 aromatic heterocycles. The third-order valence-electron chi connectivity index (χ3n) is 6.13. The number of alkyl halides is 3. The van der Waals surface area contributed by atoms with Gasteiger partial charge in [0.05, 0.1) is 0 Å². The number of carbonyl (C=O) groups is 1. The molecule has 0 spiro atoms. The highest BCUT2D eigenvalue weighted by Gasteiger charge is 2.65. The summed E-state index contributed by atoms with van der Waals surface area (Å²) in [6.07, 6.45) is 1.08. The summed E-state index contributed by atoms with van der Waals surface area (Å²) in [5.74, 6) is -0.207. The molecular weight excluding hydrogens is 465 g/mol. The van der Waals surface area contributed by atoms with Crippen LogP contribution in [-0.2, 0) is 18.5 Å². The molecule has 2 N–H and O–H groups in total. The summed E-state index contributed by atoms with van der Waals surface area (Å²) in [4.78, 5) is 16.2. The molecule has 0 saturated carbocycles. The van der Waals surface area contributed by atoms with Crippen LogP contribution in [0.15, 0.2) is 52.7 Å². The second-order valence-electron chi connectivity index (χ2n) is 8.55. The van der Waals surface area contributed by atoms with Gasteiger partial charge in [0, 0.05) is 28.0 Å². The van der Waals surface area contributed by atoms with Crippen molar-refractivity contribution in [2.45, 2.75) is 57.3 Å². The van der Waals surface area contributed by atoms with E-state index in [1.165, 1.54) is 12.1 Å². The van der Waals surface area contributed by atoms with Crippen molar-refractivity contribution in [3.05, 3.63) is 69.9 Å². The maximum atomic E-state index is 13.1. The fraction of sp³-hybridized carbons (Fsp3) is 0.400. The smallest absolute Gasteiger partial charge is 0.350 e. The Morgan fingerprint density at radius 1 is 1.06 bits per heavy atom. The molecule has 5 nitrogen and oxygen atoms in total. The Morgan fingerprint density at radius 2 is 1.79 bits per heavy atom. The summed E-state index contributed by atoms with van der Waals surface area (Å²) in [7, 11) is 0. The Balaban J connectivity index is 1.40. The first kappa shape index (κ1) is 24.3.